The van der Waals surface area contributed by atoms with Gasteiger partial charge >= 0.3 is 0 Å². The van der Waals surface area contributed by atoms with E-state index in [1.54, 1.807) is 0 Å². The number of carbonyl (C=O) groups excluding carboxylic acids is 1. The number of amides is 1. The van der Waals surface area contributed by atoms with Crippen LogP contribution < -0.4 is 16.4 Å². The SMILES string of the molecule is O=C(Cn1[nH]c(=O)ccc1=O)NC1CC(O)C1. The van der Waals surface area contributed by atoms with Gasteiger partial charge in [0.05, 0.1) is 6.10 Å². The second kappa shape index (κ2) is 4.54. The fraction of sp³-hybridized carbons (Fsp3) is 0.500. The molecule has 3 N–H and O–H groups in total. The van der Waals surface area contributed by atoms with E-state index in [1.165, 1.54) is 0 Å². The fourth-order valence-electron chi connectivity index (χ4n) is 1.70. The van der Waals surface area contributed by atoms with E-state index < -0.39 is 11.1 Å². The minimum Gasteiger partial charge on any atom is -0.393 e. The zero-order valence-electron chi connectivity index (χ0n) is 9.05. The molecular formula is C10H13N3O4. The molecule has 2 rings (SSSR count). The molecule has 0 radical (unpaired) electrons. The quantitative estimate of drug-likeness (QED) is 0.577. The number of aromatic nitrogens is 2. The van der Waals surface area contributed by atoms with Crippen molar-refractivity contribution in [3.05, 3.63) is 32.8 Å². The van der Waals surface area contributed by atoms with Crippen LogP contribution in [0, 0.1) is 0 Å². The molecule has 7 nitrogen and oxygen atoms in total. The van der Waals surface area contributed by atoms with Crippen LogP contribution in [0.3, 0.4) is 0 Å². The maximum absolute atomic E-state index is 11.5. The molecule has 0 atom stereocenters. The zero-order chi connectivity index (χ0) is 12.4. The van der Waals surface area contributed by atoms with E-state index in [2.05, 4.69) is 10.4 Å². The van der Waals surface area contributed by atoms with Crippen LogP contribution in [0.4, 0.5) is 0 Å². The molecule has 1 aliphatic carbocycles. The van der Waals surface area contributed by atoms with Gasteiger partial charge in [-0.05, 0) is 12.8 Å². The van der Waals surface area contributed by atoms with Crippen molar-refractivity contribution in [2.24, 2.45) is 0 Å². The number of H-pyrrole nitrogens is 1. The van der Waals surface area contributed by atoms with Crippen molar-refractivity contribution in [1.29, 1.82) is 0 Å². The van der Waals surface area contributed by atoms with Gasteiger partial charge < -0.3 is 10.4 Å². The smallest absolute Gasteiger partial charge is 0.265 e. The van der Waals surface area contributed by atoms with Gasteiger partial charge in [-0.3, -0.25) is 19.5 Å². The summed E-state index contributed by atoms with van der Waals surface area (Å²) in [6, 6.07) is 2.18. The first-order chi connectivity index (χ1) is 8.04. The van der Waals surface area contributed by atoms with Crippen molar-refractivity contribution in [3.8, 4) is 0 Å². The van der Waals surface area contributed by atoms with Gasteiger partial charge in [0, 0.05) is 18.2 Å². The summed E-state index contributed by atoms with van der Waals surface area (Å²) in [5.41, 5.74) is -0.870. The third kappa shape index (κ3) is 2.82. The van der Waals surface area contributed by atoms with E-state index in [-0.39, 0.29) is 24.6 Å². The Morgan fingerprint density at radius 1 is 1.47 bits per heavy atom. The topological polar surface area (TPSA) is 104 Å². The second-order valence-electron chi connectivity index (χ2n) is 4.12. The summed E-state index contributed by atoms with van der Waals surface area (Å²) in [7, 11) is 0. The average Bonchev–Trinajstić information content (AvgIpc) is 2.21. The summed E-state index contributed by atoms with van der Waals surface area (Å²) in [4.78, 5) is 33.8. The second-order valence-corrected chi connectivity index (χ2v) is 4.12. The maximum Gasteiger partial charge on any atom is 0.265 e. The van der Waals surface area contributed by atoms with Crippen LogP contribution in [0.25, 0.3) is 0 Å². The molecule has 1 aromatic rings. The van der Waals surface area contributed by atoms with Crippen molar-refractivity contribution < 1.29 is 9.90 Å². The van der Waals surface area contributed by atoms with Gasteiger partial charge in [0.1, 0.15) is 6.54 Å². The van der Waals surface area contributed by atoms with Gasteiger partial charge in [0.2, 0.25) is 5.91 Å². The first-order valence-electron chi connectivity index (χ1n) is 5.32. The molecular weight excluding hydrogens is 226 g/mol. The summed E-state index contributed by atoms with van der Waals surface area (Å²) >= 11 is 0. The summed E-state index contributed by atoms with van der Waals surface area (Å²) in [6.07, 6.45) is 0.720. The van der Waals surface area contributed by atoms with Crippen molar-refractivity contribution in [3.63, 3.8) is 0 Å². The van der Waals surface area contributed by atoms with Crippen LogP contribution in [0.2, 0.25) is 0 Å². The standard InChI is InChI=1S/C10H13N3O4/c14-7-3-6(4-7)11-9(16)5-13-10(17)2-1-8(15)12-13/h1-2,6-7,14H,3-5H2,(H,11,16)(H,12,15). The Labute approximate surface area is 96.1 Å². The van der Waals surface area contributed by atoms with E-state index in [1.807, 2.05) is 0 Å². The first-order valence-corrected chi connectivity index (χ1v) is 5.32. The lowest BCUT2D eigenvalue weighted by Gasteiger charge is -2.31. The Hall–Kier alpha value is -1.89. The van der Waals surface area contributed by atoms with E-state index in [9.17, 15) is 14.4 Å². The maximum atomic E-state index is 11.5. The van der Waals surface area contributed by atoms with Crippen LogP contribution in [0.1, 0.15) is 12.8 Å². The summed E-state index contributed by atoms with van der Waals surface area (Å²) in [5.74, 6) is -0.356. The molecule has 0 unspecified atom stereocenters. The summed E-state index contributed by atoms with van der Waals surface area (Å²) in [6.45, 7) is -0.221. The molecule has 7 heteroatoms. The van der Waals surface area contributed by atoms with Crippen molar-refractivity contribution >= 4 is 5.91 Å². The van der Waals surface area contributed by atoms with Crippen molar-refractivity contribution in [1.82, 2.24) is 15.1 Å². The van der Waals surface area contributed by atoms with Gasteiger partial charge in [0.25, 0.3) is 11.1 Å². The van der Waals surface area contributed by atoms with Crippen LogP contribution in [0.5, 0.6) is 0 Å². The number of nitrogens with one attached hydrogen (secondary N) is 2. The zero-order valence-corrected chi connectivity index (χ0v) is 9.05. The predicted octanol–water partition coefficient (Wildman–Crippen LogP) is -1.82. The largest absolute Gasteiger partial charge is 0.393 e. The number of carbonyl (C=O) groups is 1. The van der Waals surface area contributed by atoms with Gasteiger partial charge in [0.15, 0.2) is 0 Å². The molecule has 0 aliphatic heterocycles. The van der Waals surface area contributed by atoms with Gasteiger partial charge in [-0.2, -0.15) is 0 Å². The monoisotopic (exact) mass is 239 g/mol. The minimum atomic E-state index is -0.437. The van der Waals surface area contributed by atoms with E-state index >= 15 is 0 Å². The van der Waals surface area contributed by atoms with Gasteiger partial charge in [-0.1, -0.05) is 0 Å². The Kier molecular flexibility index (Phi) is 3.10. The van der Waals surface area contributed by atoms with E-state index in [4.69, 9.17) is 5.11 Å². The van der Waals surface area contributed by atoms with E-state index in [0.29, 0.717) is 12.8 Å². The molecule has 0 aromatic carbocycles. The van der Waals surface area contributed by atoms with Crippen LogP contribution in [-0.2, 0) is 11.3 Å². The normalized spacial score (nSPS) is 22.9. The molecule has 17 heavy (non-hydrogen) atoms. The lowest BCUT2D eigenvalue weighted by Crippen LogP contribution is -2.48. The highest BCUT2D eigenvalue weighted by atomic mass is 16.3. The number of aliphatic hydroxyl groups excluding tert-OH is 1. The first kappa shape index (κ1) is 11.6. The molecule has 0 spiro atoms. The number of aliphatic hydroxyl groups is 1. The fourth-order valence-corrected chi connectivity index (χ4v) is 1.70. The molecule has 1 heterocycles. The average molecular weight is 239 g/mol. The molecule has 1 fully saturated rings. The highest BCUT2D eigenvalue weighted by Crippen LogP contribution is 2.18. The minimum absolute atomic E-state index is 0.0383. The Balaban J connectivity index is 1.96. The molecule has 92 valence electrons. The molecule has 1 aliphatic rings. The third-order valence-electron chi connectivity index (χ3n) is 2.67. The Morgan fingerprint density at radius 3 is 2.82 bits per heavy atom. The third-order valence-corrected chi connectivity index (χ3v) is 2.67. The number of nitrogens with zero attached hydrogens (tertiary/aromatic N) is 1. The molecule has 0 bridgehead atoms. The molecule has 1 aromatic heterocycles. The predicted molar refractivity (Wildman–Crippen MR) is 58.5 cm³/mol. The lowest BCUT2D eigenvalue weighted by atomic mass is 9.89. The molecule has 1 saturated carbocycles. The number of hydrogen-bond acceptors (Lipinski definition) is 4. The van der Waals surface area contributed by atoms with Crippen molar-refractivity contribution in [2.75, 3.05) is 0 Å². The number of rotatable bonds is 3. The van der Waals surface area contributed by atoms with Crippen molar-refractivity contribution in [2.45, 2.75) is 31.5 Å². The number of hydrogen-bond donors (Lipinski definition) is 3. The van der Waals surface area contributed by atoms with E-state index in [0.717, 1.165) is 16.8 Å². The summed E-state index contributed by atoms with van der Waals surface area (Å²) in [5, 5.41) is 14.0. The van der Waals surface area contributed by atoms with Crippen LogP contribution in [-0.4, -0.2) is 32.9 Å². The Morgan fingerprint density at radius 2 is 2.18 bits per heavy atom. The lowest BCUT2D eigenvalue weighted by molar-refractivity contribution is -0.124. The Bertz CT molecular complexity index is 527. The molecule has 0 saturated heterocycles. The van der Waals surface area contributed by atoms with Crippen LogP contribution >= 0.6 is 0 Å². The van der Waals surface area contributed by atoms with Gasteiger partial charge in [-0.25, -0.2) is 4.68 Å². The highest BCUT2D eigenvalue weighted by molar-refractivity contribution is 5.76. The highest BCUT2D eigenvalue weighted by Gasteiger charge is 2.28. The summed E-state index contributed by atoms with van der Waals surface area (Å²) < 4.78 is 0.951. The van der Waals surface area contributed by atoms with Crippen LogP contribution in [0.15, 0.2) is 21.7 Å². The molecule has 1 amide bonds. The number of aromatic amines is 1. The van der Waals surface area contributed by atoms with Gasteiger partial charge in [-0.15, -0.1) is 0 Å².